The summed E-state index contributed by atoms with van der Waals surface area (Å²) in [6.07, 6.45) is 1.07. The Morgan fingerprint density at radius 3 is 2.31 bits per heavy atom. The van der Waals surface area contributed by atoms with Gasteiger partial charge in [-0.1, -0.05) is 0 Å². The molecular weight excluding hydrogens is 528 g/mol. The molecule has 0 bridgehead atoms. The molecule has 13 heteroatoms. The number of benzene rings is 1. The van der Waals surface area contributed by atoms with E-state index in [1.54, 1.807) is 0 Å². The standard InChI is InChI=1S/C26H28N4O8S/c1-17(2)37-23-14-19(25(31)28-22-9-4-18(16-27-22)26(32)35-3)15-24(29-23)38-20-5-7-21(8-6-20)39(33,34)30-10-12-36-13-11-30/h4-9,14-17H,10-13H2,1-3H3,(H,27,28,31). The predicted molar refractivity (Wildman–Crippen MR) is 140 cm³/mol. The largest absolute Gasteiger partial charge is 0.475 e. The Balaban J connectivity index is 1.52. The molecule has 1 aromatic carbocycles. The van der Waals surface area contributed by atoms with Crippen molar-refractivity contribution in [2.45, 2.75) is 24.8 Å². The van der Waals surface area contributed by atoms with Gasteiger partial charge in [0, 0.05) is 31.4 Å². The third-order valence-electron chi connectivity index (χ3n) is 5.48. The zero-order chi connectivity index (χ0) is 28.0. The molecule has 0 unspecified atom stereocenters. The molecule has 39 heavy (non-hydrogen) atoms. The summed E-state index contributed by atoms with van der Waals surface area (Å²) in [6, 6.07) is 11.8. The van der Waals surface area contributed by atoms with Crippen LogP contribution in [0.5, 0.6) is 17.5 Å². The summed E-state index contributed by atoms with van der Waals surface area (Å²) in [4.78, 5) is 33.1. The molecule has 1 fully saturated rings. The van der Waals surface area contributed by atoms with E-state index in [0.29, 0.717) is 32.1 Å². The highest BCUT2D eigenvalue weighted by Crippen LogP contribution is 2.27. The van der Waals surface area contributed by atoms with Crippen molar-refractivity contribution in [1.82, 2.24) is 14.3 Å². The second-order valence-electron chi connectivity index (χ2n) is 8.67. The van der Waals surface area contributed by atoms with E-state index in [1.807, 2.05) is 13.8 Å². The number of nitrogens with zero attached hydrogens (tertiary/aromatic N) is 3. The summed E-state index contributed by atoms with van der Waals surface area (Å²) < 4.78 is 48.5. The molecule has 0 spiro atoms. The molecule has 0 aliphatic carbocycles. The van der Waals surface area contributed by atoms with Gasteiger partial charge in [-0.2, -0.15) is 9.29 Å². The zero-order valence-corrected chi connectivity index (χ0v) is 22.4. The van der Waals surface area contributed by atoms with Crippen LogP contribution in [0.2, 0.25) is 0 Å². The summed E-state index contributed by atoms with van der Waals surface area (Å²) in [5.41, 5.74) is 0.424. The number of sulfonamides is 1. The number of anilines is 1. The number of carbonyl (C=O) groups is 2. The molecule has 3 heterocycles. The number of rotatable bonds is 9. The highest BCUT2D eigenvalue weighted by molar-refractivity contribution is 7.89. The first-order valence-corrected chi connectivity index (χ1v) is 13.5. The van der Waals surface area contributed by atoms with Crippen molar-refractivity contribution in [3.8, 4) is 17.5 Å². The van der Waals surface area contributed by atoms with Crippen LogP contribution in [0.4, 0.5) is 5.82 Å². The van der Waals surface area contributed by atoms with Crippen molar-refractivity contribution in [1.29, 1.82) is 0 Å². The van der Waals surface area contributed by atoms with Gasteiger partial charge in [-0.05, 0) is 50.2 Å². The van der Waals surface area contributed by atoms with E-state index in [-0.39, 0.29) is 39.7 Å². The second-order valence-corrected chi connectivity index (χ2v) is 10.6. The van der Waals surface area contributed by atoms with E-state index in [0.717, 1.165) is 0 Å². The quantitative estimate of drug-likeness (QED) is 0.390. The first-order chi connectivity index (χ1) is 18.7. The molecule has 3 aromatic rings. The van der Waals surface area contributed by atoms with Crippen molar-refractivity contribution in [3.63, 3.8) is 0 Å². The van der Waals surface area contributed by atoms with E-state index < -0.39 is 21.9 Å². The van der Waals surface area contributed by atoms with Crippen LogP contribution in [0, 0.1) is 0 Å². The third-order valence-corrected chi connectivity index (χ3v) is 7.39. The van der Waals surface area contributed by atoms with Crippen molar-refractivity contribution < 1.29 is 37.0 Å². The minimum absolute atomic E-state index is 0.0658. The van der Waals surface area contributed by atoms with Crippen LogP contribution < -0.4 is 14.8 Å². The molecule has 1 N–H and O–H groups in total. The summed E-state index contributed by atoms with van der Waals surface area (Å²) in [6.45, 7) is 4.92. The Hall–Kier alpha value is -4.07. The average molecular weight is 557 g/mol. The molecule has 12 nitrogen and oxygen atoms in total. The number of morpholine rings is 1. The van der Waals surface area contributed by atoms with Gasteiger partial charge in [0.1, 0.15) is 11.6 Å². The molecule has 1 saturated heterocycles. The van der Waals surface area contributed by atoms with Gasteiger partial charge in [0.2, 0.25) is 21.8 Å². The summed E-state index contributed by atoms with van der Waals surface area (Å²) >= 11 is 0. The van der Waals surface area contributed by atoms with Crippen LogP contribution in [-0.4, -0.2) is 74.1 Å². The number of amides is 1. The monoisotopic (exact) mass is 556 g/mol. The summed E-state index contributed by atoms with van der Waals surface area (Å²) in [5.74, 6) is -0.296. The molecule has 1 aliphatic heterocycles. The highest BCUT2D eigenvalue weighted by Gasteiger charge is 2.26. The Morgan fingerprint density at radius 1 is 1.00 bits per heavy atom. The number of pyridine rings is 2. The maximum atomic E-state index is 13.0. The molecular formula is C26H28N4O8S. The SMILES string of the molecule is COC(=O)c1ccc(NC(=O)c2cc(Oc3ccc(S(=O)(=O)N4CCOCC4)cc3)nc(OC(C)C)c2)nc1. The van der Waals surface area contributed by atoms with Gasteiger partial charge in [-0.25, -0.2) is 18.2 Å². The predicted octanol–water partition coefficient (Wildman–Crippen LogP) is 3.12. The van der Waals surface area contributed by atoms with Crippen LogP contribution in [0.15, 0.2) is 59.6 Å². The number of methoxy groups -OCH3 is 1. The van der Waals surface area contributed by atoms with E-state index >= 15 is 0 Å². The van der Waals surface area contributed by atoms with Crippen LogP contribution in [0.1, 0.15) is 34.6 Å². The van der Waals surface area contributed by atoms with Crippen LogP contribution in [0.3, 0.4) is 0 Å². The molecule has 0 atom stereocenters. The minimum Gasteiger partial charge on any atom is -0.475 e. The average Bonchev–Trinajstić information content (AvgIpc) is 2.93. The Morgan fingerprint density at radius 2 is 1.69 bits per heavy atom. The van der Waals surface area contributed by atoms with Gasteiger partial charge in [-0.3, -0.25) is 4.79 Å². The molecule has 206 valence electrons. The number of aromatic nitrogens is 2. The lowest BCUT2D eigenvalue weighted by molar-refractivity contribution is 0.0600. The van der Waals surface area contributed by atoms with E-state index in [2.05, 4.69) is 20.0 Å². The lowest BCUT2D eigenvalue weighted by Crippen LogP contribution is -2.40. The normalized spacial score (nSPS) is 14.1. The van der Waals surface area contributed by atoms with Crippen molar-refractivity contribution >= 4 is 27.7 Å². The smallest absolute Gasteiger partial charge is 0.339 e. The minimum atomic E-state index is -3.65. The highest BCUT2D eigenvalue weighted by atomic mass is 32.2. The maximum Gasteiger partial charge on any atom is 0.339 e. The van der Waals surface area contributed by atoms with Crippen molar-refractivity contribution in [3.05, 3.63) is 65.9 Å². The fourth-order valence-electron chi connectivity index (χ4n) is 3.60. The van der Waals surface area contributed by atoms with Gasteiger partial charge < -0.3 is 24.3 Å². The maximum absolute atomic E-state index is 13.0. The number of nitrogens with one attached hydrogen (secondary N) is 1. The zero-order valence-electron chi connectivity index (χ0n) is 21.6. The lowest BCUT2D eigenvalue weighted by Gasteiger charge is -2.26. The van der Waals surface area contributed by atoms with Crippen LogP contribution in [0.25, 0.3) is 0 Å². The van der Waals surface area contributed by atoms with Gasteiger partial charge in [0.15, 0.2) is 0 Å². The first-order valence-electron chi connectivity index (χ1n) is 12.1. The second kappa shape index (κ2) is 12.2. The molecule has 1 amide bonds. The Labute approximate surface area is 225 Å². The number of carbonyl (C=O) groups excluding carboxylic acids is 2. The Bertz CT molecular complexity index is 1420. The number of hydrogen-bond donors (Lipinski definition) is 1. The van der Waals surface area contributed by atoms with E-state index in [9.17, 15) is 18.0 Å². The van der Waals surface area contributed by atoms with Crippen LogP contribution >= 0.6 is 0 Å². The van der Waals surface area contributed by atoms with Crippen LogP contribution in [-0.2, 0) is 19.5 Å². The van der Waals surface area contributed by atoms with Gasteiger partial charge >= 0.3 is 5.97 Å². The number of hydrogen-bond acceptors (Lipinski definition) is 10. The number of esters is 1. The number of ether oxygens (including phenoxy) is 4. The summed E-state index contributed by atoms with van der Waals surface area (Å²) in [7, 11) is -2.39. The lowest BCUT2D eigenvalue weighted by atomic mass is 10.2. The molecule has 2 aromatic heterocycles. The molecule has 0 saturated carbocycles. The van der Waals surface area contributed by atoms with Gasteiger partial charge in [-0.15, -0.1) is 0 Å². The van der Waals surface area contributed by atoms with E-state index in [4.69, 9.17) is 14.2 Å². The first kappa shape index (κ1) is 28.0. The van der Waals surface area contributed by atoms with Gasteiger partial charge in [0.25, 0.3) is 5.91 Å². The van der Waals surface area contributed by atoms with Crippen molar-refractivity contribution in [2.24, 2.45) is 0 Å². The molecule has 4 rings (SSSR count). The Kier molecular flexibility index (Phi) is 8.74. The third kappa shape index (κ3) is 7.07. The van der Waals surface area contributed by atoms with Gasteiger partial charge in [0.05, 0.1) is 42.4 Å². The molecule has 1 aliphatic rings. The van der Waals surface area contributed by atoms with Crippen molar-refractivity contribution in [2.75, 3.05) is 38.7 Å². The van der Waals surface area contributed by atoms with E-state index in [1.165, 1.54) is 66.1 Å². The fourth-order valence-corrected chi connectivity index (χ4v) is 5.01. The molecule has 0 radical (unpaired) electrons. The topological polar surface area (TPSA) is 146 Å². The summed E-state index contributed by atoms with van der Waals surface area (Å²) in [5, 5.41) is 2.65. The fraction of sp³-hybridized carbons (Fsp3) is 0.308.